The molecule has 0 aliphatic carbocycles. The second-order valence-electron chi connectivity index (χ2n) is 4.78. The van der Waals surface area contributed by atoms with E-state index in [1.807, 2.05) is 30.3 Å². The molecule has 19 heavy (non-hydrogen) atoms. The van der Waals surface area contributed by atoms with Gasteiger partial charge in [-0.05, 0) is 26.0 Å². The maximum absolute atomic E-state index is 10.8. The molecule has 1 aromatic heterocycles. The molecule has 0 unspecified atom stereocenters. The number of carboxylic acid groups (broad SMARTS) is 1. The van der Waals surface area contributed by atoms with E-state index in [2.05, 4.69) is 23.7 Å². The predicted molar refractivity (Wildman–Crippen MR) is 76.5 cm³/mol. The topological polar surface area (TPSA) is 53.4 Å². The van der Waals surface area contributed by atoms with E-state index in [-0.39, 0.29) is 12.5 Å². The Balaban J connectivity index is 2.41. The number of rotatable bonds is 5. The number of aliphatic carboxylic acids is 1. The third-order valence-corrected chi connectivity index (χ3v) is 3.11. The van der Waals surface area contributed by atoms with Gasteiger partial charge in [-0.2, -0.15) is 0 Å². The van der Waals surface area contributed by atoms with Gasteiger partial charge < -0.3 is 10.0 Å². The van der Waals surface area contributed by atoms with Crippen LogP contribution in [-0.4, -0.2) is 28.6 Å². The zero-order valence-electron chi connectivity index (χ0n) is 11.2. The summed E-state index contributed by atoms with van der Waals surface area (Å²) in [5.41, 5.74) is 1.92. The molecule has 0 spiro atoms. The highest BCUT2D eigenvalue weighted by atomic mass is 16.4. The van der Waals surface area contributed by atoms with Crippen LogP contribution in [-0.2, 0) is 4.79 Å². The first-order valence-corrected chi connectivity index (χ1v) is 6.42. The number of carbonyl (C=O) groups is 1. The van der Waals surface area contributed by atoms with Gasteiger partial charge in [-0.15, -0.1) is 0 Å². The van der Waals surface area contributed by atoms with Crippen LogP contribution in [0.1, 0.15) is 20.3 Å². The molecule has 100 valence electrons. The summed E-state index contributed by atoms with van der Waals surface area (Å²) in [7, 11) is 0. The van der Waals surface area contributed by atoms with Crippen molar-refractivity contribution in [2.24, 2.45) is 0 Å². The van der Waals surface area contributed by atoms with Gasteiger partial charge in [0.25, 0.3) is 0 Å². The lowest BCUT2D eigenvalue weighted by molar-refractivity contribution is -0.136. The number of aromatic nitrogens is 1. The van der Waals surface area contributed by atoms with E-state index in [1.165, 1.54) is 0 Å². The van der Waals surface area contributed by atoms with Gasteiger partial charge >= 0.3 is 5.97 Å². The lowest BCUT2D eigenvalue weighted by atomic mass is 10.1. The van der Waals surface area contributed by atoms with Crippen molar-refractivity contribution in [2.75, 3.05) is 11.4 Å². The largest absolute Gasteiger partial charge is 0.481 e. The van der Waals surface area contributed by atoms with Crippen molar-refractivity contribution in [1.29, 1.82) is 0 Å². The molecular weight excluding hydrogens is 240 g/mol. The van der Waals surface area contributed by atoms with Crippen molar-refractivity contribution in [2.45, 2.75) is 26.3 Å². The molecular formula is C15H18N2O2. The molecule has 0 saturated carbocycles. The first-order chi connectivity index (χ1) is 9.09. The van der Waals surface area contributed by atoms with E-state index in [0.717, 1.165) is 16.6 Å². The SMILES string of the molecule is CC(C)N(CCC(=O)O)c1cccc2cccnc12. The molecule has 4 nitrogen and oxygen atoms in total. The number of carboxylic acids is 1. The van der Waals surface area contributed by atoms with E-state index in [9.17, 15) is 4.79 Å². The van der Waals surface area contributed by atoms with Crippen LogP contribution in [0.15, 0.2) is 36.5 Å². The Labute approximate surface area is 112 Å². The summed E-state index contributed by atoms with van der Waals surface area (Å²) in [6.07, 6.45) is 1.89. The second kappa shape index (κ2) is 5.69. The van der Waals surface area contributed by atoms with Crippen LogP contribution in [0.3, 0.4) is 0 Å². The molecule has 0 bridgehead atoms. The molecule has 0 aliphatic rings. The maximum atomic E-state index is 10.8. The standard InChI is InChI=1S/C15H18N2O2/c1-11(2)17(10-8-14(18)19)13-7-3-5-12-6-4-9-16-15(12)13/h3-7,9,11H,8,10H2,1-2H3,(H,18,19). The highest BCUT2D eigenvalue weighted by molar-refractivity contribution is 5.90. The van der Waals surface area contributed by atoms with E-state index in [1.54, 1.807) is 6.20 Å². The van der Waals surface area contributed by atoms with Crippen LogP contribution in [0.25, 0.3) is 10.9 Å². The highest BCUT2D eigenvalue weighted by Gasteiger charge is 2.15. The second-order valence-corrected chi connectivity index (χ2v) is 4.78. The normalized spacial score (nSPS) is 10.9. The third-order valence-electron chi connectivity index (χ3n) is 3.11. The molecule has 1 N–H and O–H groups in total. The number of pyridine rings is 1. The van der Waals surface area contributed by atoms with E-state index >= 15 is 0 Å². The molecule has 0 atom stereocenters. The molecule has 1 heterocycles. The van der Waals surface area contributed by atoms with Crippen molar-refractivity contribution in [1.82, 2.24) is 4.98 Å². The van der Waals surface area contributed by atoms with Crippen LogP contribution >= 0.6 is 0 Å². The summed E-state index contributed by atoms with van der Waals surface area (Å²) in [6.45, 7) is 4.61. The molecule has 4 heteroatoms. The quantitative estimate of drug-likeness (QED) is 0.896. The van der Waals surface area contributed by atoms with Gasteiger partial charge in [-0.1, -0.05) is 18.2 Å². The molecule has 0 amide bonds. The number of fused-ring (bicyclic) bond motifs is 1. The fourth-order valence-electron chi connectivity index (χ4n) is 2.19. The van der Waals surface area contributed by atoms with Gasteiger partial charge in [-0.3, -0.25) is 9.78 Å². The number of nitrogens with zero attached hydrogens (tertiary/aromatic N) is 2. The predicted octanol–water partition coefficient (Wildman–Crippen LogP) is 2.92. The van der Waals surface area contributed by atoms with Gasteiger partial charge in [0.2, 0.25) is 0 Å². The third kappa shape index (κ3) is 3.02. The van der Waals surface area contributed by atoms with Crippen LogP contribution in [0.4, 0.5) is 5.69 Å². The first-order valence-electron chi connectivity index (χ1n) is 6.42. The molecule has 0 saturated heterocycles. The van der Waals surface area contributed by atoms with Gasteiger partial charge in [-0.25, -0.2) is 0 Å². The Morgan fingerprint density at radius 1 is 1.32 bits per heavy atom. The molecule has 0 radical (unpaired) electrons. The van der Waals surface area contributed by atoms with Gasteiger partial charge in [0, 0.05) is 24.2 Å². The fourth-order valence-corrected chi connectivity index (χ4v) is 2.19. The van der Waals surface area contributed by atoms with Crippen LogP contribution in [0.2, 0.25) is 0 Å². The number of anilines is 1. The smallest absolute Gasteiger partial charge is 0.305 e. The number of hydrogen-bond donors (Lipinski definition) is 1. The van der Waals surface area contributed by atoms with Crippen molar-refractivity contribution < 1.29 is 9.90 Å². The highest BCUT2D eigenvalue weighted by Crippen LogP contribution is 2.26. The summed E-state index contributed by atoms with van der Waals surface area (Å²) in [6, 6.07) is 10.1. The zero-order chi connectivity index (χ0) is 13.8. The summed E-state index contributed by atoms with van der Waals surface area (Å²) in [4.78, 5) is 17.3. The summed E-state index contributed by atoms with van der Waals surface area (Å²) in [5.74, 6) is -0.779. The molecule has 0 fully saturated rings. The number of para-hydroxylation sites is 1. The van der Waals surface area contributed by atoms with Crippen LogP contribution < -0.4 is 4.90 Å². The average molecular weight is 258 g/mol. The van der Waals surface area contributed by atoms with E-state index < -0.39 is 5.97 Å². The summed E-state index contributed by atoms with van der Waals surface area (Å²) in [5, 5.41) is 9.93. The zero-order valence-corrected chi connectivity index (χ0v) is 11.2. The molecule has 2 rings (SSSR count). The molecule has 1 aromatic carbocycles. The van der Waals surface area contributed by atoms with Crippen molar-refractivity contribution in [3.8, 4) is 0 Å². The Bertz CT molecular complexity index is 576. The maximum Gasteiger partial charge on any atom is 0.305 e. The number of benzene rings is 1. The fraction of sp³-hybridized carbons (Fsp3) is 0.333. The van der Waals surface area contributed by atoms with Gasteiger partial charge in [0.1, 0.15) is 0 Å². The minimum Gasteiger partial charge on any atom is -0.481 e. The summed E-state index contributed by atoms with van der Waals surface area (Å²) >= 11 is 0. The first kappa shape index (κ1) is 13.3. The average Bonchev–Trinajstić information content (AvgIpc) is 2.38. The minimum absolute atomic E-state index is 0.126. The summed E-state index contributed by atoms with van der Waals surface area (Å²) < 4.78 is 0. The minimum atomic E-state index is -0.779. The van der Waals surface area contributed by atoms with Crippen molar-refractivity contribution in [3.05, 3.63) is 36.5 Å². The lowest BCUT2D eigenvalue weighted by Crippen LogP contribution is -2.33. The van der Waals surface area contributed by atoms with Crippen LogP contribution in [0, 0.1) is 0 Å². The molecule has 0 aliphatic heterocycles. The number of hydrogen-bond acceptors (Lipinski definition) is 3. The Kier molecular flexibility index (Phi) is 4.00. The van der Waals surface area contributed by atoms with Gasteiger partial charge in [0.05, 0.1) is 17.6 Å². The van der Waals surface area contributed by atoms with Crippen molar-refractivity contribution in [3.63, 3.8) is 0 Å². The molecule has 2 aromatic rings. The van der Waals surface area contributed by atoms with E-state index in [4.69, 9.17) is 5.11 Å². The van der Waals surface area contributed by atoms with E-state index in [0.29, 0.717) is 6.54 Å². The monoisotopic (exact) mass is 258 g/mol. The van der Waals surface area contributed by atoms with Gasteiger partial charge in [0.15, 0.2) is 0 Å². The van der Waals surface area contributed by atoms with Crippen LogP contribution in [0.5, 0.6) is 0 Å². The Morgan fingerprint density at radius 2 is 2.05 bits per heavy atom. The van der Waals surface area contributed by atoms with Crippen molar-refractivity contribution >= 4 is 22.6 Å². The lowest BCUT2D eigenvalue weighted by Gasteiger charge is -2.29. The Hall–Kier alpha value is -2.10. The Morgan fingerprint density at radius 3 is 2.74 bits per heavy atom.